The van der Waals surface area contributed by atoms with Crippen LogP contribution >= 0.6 is 0 Å². The van der Waals surface area contributed by atoms with Crippen molar-refractivity contribution in [3.05, 3.63) is 75.2 Å². The van der Waals surface area contributed by atoms with Crippen LogP contribution in [0.4, 0.5) is 8.78 Å². The molecule has 0 heterocycles. The molecular formula is C19H17F2N3O3. The van der Waals surface area contributed by atoms with Crippen LogP contribution in [-0.2, 0) is 22.6 Å². The highest BCUT2D eigenvalue weighted by molar-refractivity contribution is 5.82. The molecule has 1 N–H and O–H groups in total. The van der Waals surface area contributed by atoms with E-state index in [-0.39, 0.29) is 18.7 Å². The zero-order chi connectivity index (χ0) is 19.8. The molecule has 0 aliphatic heterocycles. The van der Waals surface area contributed by atoms with Crippen molar-refractivity contribution in [2.75, 3.05) is 6.61 Å². The van der Waals surface area contributed by atoms with E-state index in [0.717, 1.165) is 12.1 Å². The van der Waals surface area contributed by atoms with E-state index in [1.54, 1.807) is 31.2 Å². The molecule has 8 heteroatoms. The molecule has 0 aliphatic carbocycles. The first-order valence-corrected chi connectivity index (χ1v) is 8.16. The molecule has 0 saturated heterocycles. The lowest BCUT2D eigenvalue weighted by atomic mass is 10.0. The van der Waals surface area contributed by atoms with Crippen LogP contribution in [0.2, 0.25) is 0 Å². The number of carbonyl (C=O) groups is 1. The smallest absolute Gasteiger partial charge is 0.254 e. The Balaban J connectivity index is 2.23. The number of nitroso groups, excluding NO2 is 1. The molecule has 2 rings (SSSR count). The minimum atomic E-state index is -1.51. The Morgan fingerprint density at radius 3 is 2.56 bits per heavy atom. The van der Waals surface area contributed by atoms with Crippen molar-refractivity contribution in [2.24, 2.45) is 5.18 Å². The maximum atomic E-state index is 14.6. The number of carbonyl (C=O) groups excluding carboxylic acids is 1. The normalized spacial score (nSPS) is 11.5. The fourth-order valence-corrected chi connectivity index (χ4v) is 2.48. The molecule has 0 spiro atoms. The lowest BCUT2D eigenvalue weighted by molar-refractivity contribution is -0.133. The van der Waals surface area contributed by atoms with Crippen molar-refractivity contribution in [3.8, 4) is 6.07 Å². The summed E-state index contributed by atoms with van der Waals surface area (Å²) in [5.41, 5.74) is 0.501. The van der Waals surface area contributed by atoms with Gasteiger partial charge in [0.05, 0.1) is 17.2 Å². The van der Waals surface area contributed by atoms with Crippen LogP contribution in [0, 0.1) is 27.9 Å². The Morgan fingerprint density at radius 2 is 1.96 bits per heavy atom. The van der Waals surface area contributed by atoms with Crippen LogP contribution in [0.5, 0.6) is 0 Å². The predicted molar refractivity (Wildman–Crippen MR) is 93.2 cm³/mol. The highest BCUT2D eigenvalue weighted by Gasteiger charge is 2.29. The molecule has 2 aromatic carbocycles. The average molecular weight is 373 g/mol. The van der Waals surface area contributed by atoms with Crippen molar-refractivity contribution in [1.29, 1.82) is 5.26 Å². The van der Waals surface area contributed by atoms with E-state index >= 15 is 0 Å². The monoisotopic (exact) mass is 373 g/mol. The van der Waals surface area contributed by atoms with E-state index in [4.69, 9.17) is 10.00 Å². The third kappa shape index (κ3) is 4.92. The number of ether oxygens (including phenoxy) is 1. The summed E-state index contributed by atoms with van der Waals surface area (Å²) in [6, 6.07) is 10.6. The fourth-order valence-electron chi connectivity index (χ4n) is 2.48. The van der Waals surface area contributed by atoms with Gasteiger partial charge < -0.3 is 10.1 Å². The molecule has 0 bridgehead atoms. The summed E-state index contributed by atoms with van der Waals surface area (Å²) in [6.45, 7) is 1.25. The third-order valence-corrected chi connectivity index (χ3v) is 3.82. The summed E-state index contributed by atoms with van der Waals surface area (Å²) in [4.78, 5) is 22.9. The summed E-state index contributed by atoms with van der Waals surface area (Å²) in [5, 5.41) is 13.9. The fraction of sp³-hybridized carbons (Fsp3) is 0.263. The largest absolute Gasteiger partial charge is 0.364 e. The van der Waals surface area contributed by atoms with Gasteiger partial charge in [-0.1, -0.05) is 23.4 Å². The third-order valence-electron chi connectivity index (χ3n) is 3.82. The first-order valence-electron chi connectivity index (χ1n) is 8.16. The van der Waals surface area contributed by atoms with Gasteiger partial charge in [-0.3, -0.25) is 4.79 Å². The molecule has 27 heavy (non-hydrogen) atoms. The lowest BCUT2D eigenvalue weighted by Gasteiger charge is -2.19. The second kappa shape index (κ2) is 9.50. The van der Waals surface area contributed by atoms with Gasteiger partial charge in [0, 0.05) is 18.7 Å². The van der Waals surface area contributed by atoms with E-state index in [2.05, 4.69) is 10.5 Å². The van der Waals surface area contributed by atoms with Crippen LogP contribution in [0.25, 0.3) is 0 Å². The van der Waals surface area contributed by atoms with E-state index in [1.165, 1.54) is 0 Å². The molecule has 2 aromatic rings. The summed E-state index contributed by atoms with van der Waals surface area (Å²) in [6.07, 6.45) is -1.51. The standard InChI is InChI=1S/C19H17F2N3O3/c1-2-27-18(16-15(20)8-7-14(11-24-26)17(16)21)19(25)23-10-13-5-3-12(9-22)4-6-13/h3-8,18H,2,10-11H2,1H3,(H,23,25). The number of halogens is 2. The molecule has 0 aromatic heterocycles. The van der Waals surface area contributed by atoms with Crippen molar-refractivity contribution < 1.29 is 18.3 Å². The van der Waals surface area contributed by atoms with E-state index < -0.39 is 35.8 Å². The molecule has 0 aliphatic rings. The Kier molecular flexibility index (Phi) is 7.08. The quantitative estimate of drug-likeness (QED) is 0.717. The minimum Gasteiger partial charge on any atom is -0.364 e. The Bertz CT molecular complexity index is 864. The number of nitriles is 1. The van der Waals surface area contributed by atoms with Gasteiger partial charge >= 0.3 is 0 Å². The number of rotatable bonds is 8. The maximum absolute atomic E-state index is 14.6. The first kappa shape index (κ1) is 20.1. The average Bonchev–Trinajstić information content (AvgIpc) is 2.68. The predicted octanol–water partition coefficient (Wildman–Crippen LogP) is 3.50. The maximum Gasteiger partial charge on any atom is 0.254 e. The number of hydrogen-bond acceptors (Lipinski definition) is 5. The summed E-state index contributed by atoms with van der Waals surface area (Å²) >= 11 is 0. The van der Waals surface area contributed by atoms with Gasteiger partial charge in [0.1, 0.15) is 18.2 Å². The molecule has 1 atom stereocenters. The van der Waals surface area contributed by atoms with Gasteiger partial charge in [0.2, 0.25) is 0 Å². The van der Waals surface area contributed by atoms with E-state index in [9.17, 15) is 18.5 Å². The highest BCUT2D eigenvalue weighted by Crippen LogP contribution is 2.27. The number of hydrogen-bond donors (Lipinski definition) is 1. The van der Waals surface area contributed by atoms with Gasteiger partial charge in [0.15, 0.2) is 6.10 Å². The molecule has 0 fully saturated rings. The van der Waals surface area contributed by atoms with Crippen LogP contribution in [-0.4, -0.2) is 12.5 Å². The van der Waals surface area contributed by atoms with Crippen LogP contribution in [0.1, 0.15) is 35.3 Å². The molecule has 1 amide bonds. The Hall–Kier alpha value is -3.18. The zero-order valence-corrected chi connectivity index (χ0v) is 14.5. The number of amides is 1. The van der Waals surface area contributed by atoms with Crippen molar-refractivity contribution >= 4 is 5.91 Å². The first-order chi connectivity index (χ1) is 13.0. The van der Waals surface area contributed by atoms with Crippen molar-refractivity contribution in [3.63, 3.8) is 0 Å². The second-order valence-electron chi connectivity index (χ2n) is 5.58. The summed E-state index contributed by atoms with van der Waals surface area (Å²) < 4.78 is 34.0. The molecule has 1 unspecified atom stereocenters. The van der Waals surface area contributed by atoms with Gasteiger partial charge in [-0.05, 0) is 30.7 Å². The van der Waals surface area contributed by atoms with Gasteiger partial charge in [-0.2, -0.15) is 10.2 Å². The SMILES string of the molecule is CCOC(C(=O)NCc1ccc(C#N)cc1)c1c(F)ccc(CN=O)c1F. The number of benzene rings is 2. The molecule has 140 valence electrons. The Labute approximate surface area is 154 Å². The van der Waals surface area contributed by atoms with Gasteiger partial charge in [0.25, 0.3) is 5.91 Å². The topological polar surface area (TPSA) is 91.5 Å². The molecule has 0 saturated carbocycles. The highest BCUT2D eigenvalue weighted by atomic mass is 19.1. The van der Waals surface area contributed by atoms with Crippen molar-refractivity contribution in [1.82, 2.24) is 5.32 Å². The van der Waals surface area contributed by atoms with Crippen LogP contribution in [0.3, 0.4) is 0 Å². The zero-order valence-electron chi connectivity index (χ0n) is 14.5. The number of nitrogens with zero attached hydrogens (tertiary/aromatic N) is 2. The van der Waals surface area contributed by atoms with Crippen LogP contribution in [0.15, 0.2) is 41.6 Å². The van der Waals surface area contributed by atoms with Crippen LogP contribution < -0.4 is 5.32 Å². The van der Waals surface area contributed by atoms with Crippen molar-refractivity contribution in [2.45, 2.75) is 26.1 Å². The van der Waals surface area contributed by atoms with E-state index in [0.29, 0.717) is 11.1 Å². The van der Waals surface area contributed by atoms with E-state index in [1.807, 2.05) is 6.07 Å². The molecular weight excluding hydrogens is 356 g/mol. The summed E-state index contributed by atoms with van der Waals surface area (Å²) in [7, 11) is 0. The van der Waals surface area contributed by atoms with Gasteiger partial charge in [-0.25, -0.2) is 8.78 Å². The molecule has 6 nitrogen and oxygen atoms in total. The number of nitrogens with one attached hydrogen (secondary N) is 1. The second-order valence-corrected chi connectivity index (χ2v) is 5.58. The minimum absolute atomic E-state index is 0.0456. The summed E-state index contributed by atoms with van der Waals surface area (Å²) in [5.74, 6) is -2.70. The van der Waals surface area contributed by atoms with Gasteiger partial charge in [-0.15, -0.1) is 0 Å². The Morgan fingerprint density at radius 1 is 1.26 bits per heavy atom. The molecule has 0 radical (unpaired) electrons. The lowest BCUT2D eigenvalue weighted by Crippen LogP contribution is -2.32.